The lowest BCUT2D eigenvalue weighted by molar-refractivity contribution is -0.113. The monoisotopic (exact) mass is 319 g/mol. The van der Waals surface area contributed by atoms with Crippen LogP contribution in [-0.2, 0) is 4.79 Å². The molecule has 1 rings (SSSR count). The third kappa shape index (κ3) is 5.11. The van der Waals surface area contributed by atoms with Crippen LogP contribution in [0.4, 0.5) is 4.39 Å². The number of thiophene rings is 1. The summed E-state index contributed by atoms with van der Waals surface area (Å²) in [6, 6.07) is 0. The molecule has 118 valence electrons. The lowest BCUT2D eigenvalue weighted by atomic mass is 10.1. The van der Waals surface area contributed by atoms with E-state index in [9.17, 15) is 9.18 Å². The fourth-order valence-corrected chi connectivity index (χ4v) is 3.01. The van der Waals surface area contributed by atoms with Crippen LogP contribution in [0.3, 0.4) is 0 Å². The second-order valence-corrected chi connectivity index (χ2v) is 6.67. The molecule has 0 bridgehead atoms. The molecule has 0 aliphatic heterocycles. The number of carbonyl (C=O) groups is 1. The average molecular weight is 319 g/mol. The van der Waals surface area contributed by atoms with E-state index in [1.165, 1.54) is 33.5 Å². The van der Waals surface area contributed by atoms with Crippen molar-refractivity contribution in [3.63, 3.8) is 0 Å². The summed E-state index contributed by atoms with van der Waals surface area (Å²) in [5.74, 6) is -0.877. The summed E-state index contributed by atoms with van der Waals surface area (Å²) in [7, 11) is 0. The smallest absolute Gasteiger partial charge is 0.241 e. The molecule has 0 unspecified atom stereocenters. The molecule has 0 fully saturated rings. The number of primary amides is 1. The number of rotatable bonds is 5. The zero-order chi connectivity index (χ0) is 16.9. The van der Waals surface area contributed by atoms with Crippen LogP contribution in [0.2, 0.25) is 0 Å². The van der Waals surface area contributed by atoms with E-state index in [1.807, 2.05) is 6.08 Å². The first-order chi connectivity index (χ1) is 10.2. The maximum Gasteiger partial charge on any atom is 0.241 e. The third-order valence-electron chi connectivity index (χ3n) is 3.36. The van der Waals surface area contributed by atoms with Gasteiger partial charge in [-0.05, 0) is 63.0 Å². The Morgan fingerprint density at radius 2 is 1.73 bits per heavy atom. The summed E-state index contributed by atoms with van der Waals surface area (Å²) < 4.78 is 14.0. The summed E-state index contributed by atoms with van der Waals surface area (Å²) in [5.41, 5.74) is 8.58. The van der Waals surface area contributed by atoms with Crippen molar-refractivity contribution in [2.75, 3.05) is 0 Å². The fraction of sp³-hybridized carbons (Fsp3) is 0.278. The Morgan fingerprint density at radius 1 is 1.09 bits per heavy atom. The lowest BCUT2D eigenvalue weighted by Gasteiger charge is -1.97. The number of amides is 1. The van der Waals surface area contributed by atoms with Crippen molar-refractivity contribution < 1.29 is 9.18 Å². The molecule has 0 spiro atoms. The van der Waals surface area contributed by atoms with Gasteiger partial charge in [-0.3, -0.25) is 4.79 Å². The van der Waals surface area contributed by atoms with Gasteiger partial charge in [-0.1, -0.05) is 18.2 Å². The van der Waals surface area contributed by atoms with Gasteiger partial charge in [-0.2, -0.15) is 0 Å². The number of aryl methyl sites for hydroxylation is 2. The topological polar surface area (TPSA) is 43.1 Å². The Morgan fingerprint density at radius 3 is 2.23 bits per heavy atom. The van der Waals surface area contributed by atoms with Crippen molar-refractivity contribution in [2.24, 2.45) is 5.73 Å². The highest BCUT2D eigenvalue weighted by atomic mass is 32.1. The maximum absolute atomic E-state index is 14.0. The molecule has 0 aliphatic rings. The second kappa shape index (κ2) is 7.90. The van der Waals surface area contributed by atoms with Crippen LogP contribution in [0, 0.1) is 20.8 Å². The molecule has 1 aromatic rings. The molecule has 0 saturated carbocycles. The van der Waals surface area contributed by atoms with Crippen LogP contribution in [-0.4, -0.2) is 5.91 Å². The molecule has 2 nitrogen and oxygen atoms in total. The molecule has 0 aliphatic carbocycles. The molecular formula is C18H22FNOS. The number of nitrogens with two attached hydrogens (primary N) is 1. The maximum atomic E-state index is 14.0. The van der Waals surface area contributed by atoms with Crippen molar-refractivity contribution in [1.82, 2.24) is 0 Å². The highest BCUT2D eigenvalue weighted by Gasteiger charge is 2.06. The van der Waals surface area contributed by atoms with Gasteiger partial charge < -0.3 is 5.73 Å². The van der Waals surface area contributed by atoms with Crippen LogP contribution in [0.15, 0.2) is 41.3 Å². The largest absolute Gasteiger partial charge is 0.366 e. The van der Waals surface area contributed by atoms with E-state index >= 15 is 0 Å². The highest BCUT2D eigenvalue weighted by Crippen LogP contribution is 2.28. The molecule has 1 heterocycles. The van der Waals surface area contributed by atoms with Crippen LogP contribution in [0.1, 0.15) is 34.7 Å². The minimum absolute atomic E-state index is 0.337. The van der Waals surface area contributed by atoms with Gasteiger partial charge in [-0.15, -0.1) is 11.3 Å². The van der Waals surface area contributed by atoms with Crippen LogP contribution in [0.5, 0.6) is 0 Å². The molecule has 4 heteroatoms. The summed E-state index contributed by atoms with van der Waals surface area (Å²) in [6.45, 7) is 9.64. The minimum Gasteiger partial charge on any atom is -0.366 e. The molecule has 1 aromatic heterocycles. The third-order valence-corrected chi connectivity index (χ3v) is 4.50. The Hall–Kier alpha value is -1.94. The van der Waals surface area contributed by atoms with Gasteiger partial charge in [0, 0.05) is 15.8 Å². The van der Waals surface area contributed by atoms with E-state index in [2.05, 4.69) is 20.8 Å². The van der Waals surface area contributed by atoms with Gasteiger partial charge in [0.05, 0.1) is 0 Å². The Labute approximate surface area is 135 Å². The Balaban J connectivity index is 2.94. The summed E-state index contributed by atoms with van der Waals surface area (Å²) >= 11 is 1.75. The second-order valence-electron chi connectivity index (χ2n) is 5.24. The van der Waals surface area contributed by atoms with Crippen molar-refractivity contribution in [1.29, 1.82) is 0 Å². The molecule has 22 heavy (non-hydrogen) atoms. The van der Waals surface area contributed by atoms with Crippen molar-refractivity contribution in [2.45, 2.75) is 34.6 Å². The predicted molar refractivity (Wildman–Crippen MR) is 93.5 cm³/mol. The first-order valence-corrected chi connectivity index (χ1v) is 7.81. The van der Waals surface area contributed by atoms with Crippen LogP contribution < -0.4 is 5.73 Å². The van der Waals surface area contributed by atoms with E-state index < -0.39 is 5.91 Å². The zero-order valence-corrected chi connectivity index (χ0v) is 14.5. The standard InChI is InChI=1S/C18H22FNOS/c1-11(10-18(20)21)6-9-17(19)12(2)7-8-16-13(3)14(4)22-15(16)5/h6-10H,1-5H3,(H2,20,21). The van der Waals surface area contributed by atoms with E-state index in [0.717, 1.165) is 5.56 Å². The number of hydrogen-bond donors (Lipinski definition) is 1. The fourth-order valence-electron chi connectivity index (χ4n) is 1.95. The van der Waals surface area contributed by atoms with Crippen molar-refractivity contribution in [3.05, 3.63) is 62.2 Å². The Bertz CT molecular complexity index is 690. The van der Waals surface area contributed by atoms with Crippen molar-refractivity contribution in [3.8, 4) is 0 Å². The molecular weight excluding hydrogens is 297 g/mol. The van der Waals surface area contributed by atoms with Crippen molar-refractivity contribution >= 4 is 23.3 Å². The van der Waals surface area contributed by atoms with E-state index in [0.29, 0.717) is 11.1 Å². The first kappa shape index (κ1) is 18.1. The number of allylic oxidation sites excluding steroid dienone is 6. The summed E-state index contributed by atoms with van der Waals surface area (Å²) in [4.78, 5) is 13.2. The molecule has 0 radical (unpaired) electrons. The number of halogens is 1. The van der Waals surface area contributed by atoms with Crippen LogP contribution >= 0.6 is 11.3 Å². The number of hydrogen-bond acceptors (Lipinski definition) is 2. The normalized spacial score (nSPS) is 14.0. The molecule has 1 amide bonds. The Kier molecular flexibility index (Phi) is 6.50. The molecule has 0 saturated heterocycles. The number of carbonyl (C=O) groups excluding carboxylic acids is 1. The zero-order valence-electron chi connectivity index (χ0n) is 13.7. The van der Waals surface area contributed by atoms with Gasteiger partial charge in [0.2, 0.25) is 5.91 Å². The quantitative estimate of drug-likeness (QED) is 0.607. The SMILES string of the molecule is CC(C=CC(F)=C(C)C=Cc1c(C)sc(C)c1C)=CC(N)=O. The molecule has 0 aromatic carbocycles. The minimum atomic E-state index is -0.540. The average Bonchev–Trinajstić information content (AvgIpc) is 2.66. The van der Waals surface area contributed by atoms with Gasteiger partial charge in [-0.25, -0.2) is 4.39 Å². The van der Waals surface area contributed by atoms with Gasteiger partial charge in [0.1, 0.15) is 5.83 Å². The predicted octanol–water partition coefficient (Wildman–Crippen LogP) is 4.92. The van der Waals surface area contributed by atoms with Gasteiger partial charge in [0.25, 0.3) is 0 Å². The first-order valence-electron chi connectivity index (χ1n) is 6.99. The summed E-state index contributed by atoms with van der Waals surface area (Å²) in [6.07, 6.45) is 7.85. The molecule has 0 atom stereocenters. The van der Waals surface area contributed by atoms with Gasteiger partial charge >= 0.3 is 0 Å². The lowest BCUT2D eigenvalue weighted by Crippen LogP contribution is -2.06. The summed E-state index contributed by atoms with van der Waals surface area (Å²) in [5, 5.41) is 0. The highest BCUT2D eigenvalue weighted by molar-refractivity contribution is 7.12. The van der Waals surface area contributed by atoms with Crippen LogP contribution in [0.25, 0.3) is 6.08 Å². The van der Waals surface area contributed by atoms with E-state index in [-0.39, 0.29) is 5.83 Å². The molecule has 2 N–H and O–H groups in total. The van der Waals surface area contributed by atoms with Gasteiger partial charge in [0.15, 0.2) is 0 Å². The van der Waals surface area contributed by atoms with E-state index in [4.69, 9.17) is 5.73 Å². The van der Waals surface area contributed by atoms with E-state index in [1.54, 1.807) is 31.3 Å².